The van der Waals surface area contributed by atoms with Crippen LogP contribution in [0.15, 0.2) is 76.9 Å². The van der Waals surface area contributed by atoms with Crippen LogP contribution in [-0.2, 0) is 0 Å². The number of hydrogen-bond acceptors (Lipinski definition) is 7. The Kier molecular flexibility index (Phi) is 6.96. The van der Waals surface area contributed by atoms with Gasteiger partial charge < -0.3 is 0 Å². The molecule has 0 aliphatic rings. The van der Waals surface area contributed by atoms with Crippen molar-refractivity contribution in [3.05, 3.63) is 97.4 Å². The third kappa shape index (κ3) is 5.24. The number of H-pyrrole nitrogens is 2. The van der Waals surface area contributed by atoms with Crippen molar-refractivity contribution < 1.29 is 0 Å². The Bertz CT molecular complexity index is 1570. The molecule has 36 heavy (non-hydrogen) atoms. The van der Waals surface area contributed by atoms with E-state index in [0.29, 0.717) is 42.6 Å². The molecule has 3 aromatic heterocycles. The molecule has 0 fully saturated rings. The number of nitrogens with zero attached hydrogens (tertiary/aromatic N) is 7. The Hall–Kier alpha value is -3.77. The number of benzene rings is 2. The van der Waals surface area contributed by atoms with Crippen molar-refractivity contribution >= 4 is 60.1 Å². The van der Waals surface area contributed by atoms with Gasteiger partial charge in [-0.15, -0.1) is 0 Å². The second-order valence-electron chi connectivity index (χ2n) is 7.33. The number of halogens is 2. The molecular formula is C23H15Cl2N9S2. The molecule has 5 aromatic rings. The number of aromatic nitrogens is 7. The molecular weight excluding hydrogens is 537 g/mol. The molecule has 2 aromatic carbocycles. The van der Waals surface area contributed by atoms with Crippen molar-refractivity contribution in [3.63, 3.8) is 0 Å². The molecule has 5 rings (SSSR count). The van der Waals surface area contributed by atoms with Crippen LogP contribution in [0.2, 0.25) is 10.0 Å². The van der Waals surface area contributed by atoms with Crippen molar-refractivity contribution in [1.82, 2.24) is 34.7 Å². The van der Waals surface area contributed by atoms with Crippen LogP contribution in [-0.4, -0.2) is 47.2 Å². The summed E-state index contributed by atoms with van der Waals surface area (Å²) in [4.78, 5) is 4.71. The molecule has 0 amide bonds. The topological polar surface area (TPSA) is 105 Å². The van der Waals surface area contributed by atoms with E-state index in [-0.39, 0.29) is 0 Å². The molecule has 3 heterocycles. The first-order chi connectivity index (χ1) is 17.5. The Labute approximate surface area is 224 Å². The van der Waals surface area contributed by atoms with Crippen LogP contribution in [0.5, 0.6) is 0 Å². The minimum absolute atomic E-state index is 0.317. The van der Waals surface area contributed by atoms with Crippen LogP contribution in [0.3, 0.4) is 0 Å². The van der Waals surface area contributed by atoms with E-state index >= 15 is 0 Å². The van der Waals surface area contributed by atoms with Gasteiger partial charge in [0.05, 0.1) is 12.4 Å². The lowest BCUT2D eigenvalue weighted by molar-refractivity contribution is 0.860. The predicted molar refractivity (Wildman–Crippen MR) is 146 cm³/mol. The van der Waals surface area contributed by atoms with E-state index in [0.717, 1.165) is 11.1 Å². The van der Waals surface area contributed by atoms with Crippen molar-refractivity contribution in [2.24, 2.45) is 10.2 Å². The Morgan fingerprint density at radius 2 is 1.08 bits per heavy atom. The summed E-state index contributed by atoms with van der Waals surface area (Å²) in [6.45, 7) is 0. The Morgan fingerprint density at radius 1 is 0.667 bits per heavy atom. The molecule has 178 valence electrons. The van der Waals surface area contributed by atoms with Gasteiger partial charge in [-0.3, -0.25) is 0 Å². The maximum Gasteiger partial charge on any atom is 0.216 e. The van der Waals surface area contributed by atoms with E-state index in [1.165, 1.54) is 9.35 Å². The summed E-state index contributed by atoms with van der Waals surface area (Å²) in [5.74, 6) is 0.856. The third-order valence-corrected chi connectivity index (χ3v) is 5.93. The predicted octanol–water partition coefficient (Wildman–Crippen LogP) is 5.99. The number of hydrogen-bond donors (Lipinski definition) is 2. The smallest absolute Gasteiger partial charge is 0.216 e. The summed E-state index contributed by atoms with van der Waals surface area (Å²) in [6, 6.07) is 19.9. The lowest BCUT2D eigenvalue weighted by Gasteiger charge is -2.04. The second-order valence-corrected chi connectivity index (χ2v) is 8.97. The van der Waals surface area contributed by atoms with E-state index in [1.807, 2.05) is 30.3 Å². The number of pyridine rings is 1. The third-order valence-electron chi connectivity index (χ3n) is 4.89. The Morgan fingerprint density at radius 3 is 1.50 bits per heavy atom. The van der Waals surface area contributed by atoms with Crippen molar-refractivity contribution in [1.29, 1.82) is 0 Å². The van der Waals surface area contributed by atoms with Crippen LogP contribution in [0.4, 0.5) is 0 Å². The SMILES string of the molecule is S=c1[nH]nc(-c2cccc(-c3n[nH]c(=S)n3/N=C/c3ccc(Cl)cc3)n2)n1/N=C/c1ccc(Cl)cc1. The van der Waals surface area contributed by atoms with Gasteiger partial charge in [-0.05, 0) is 72.0 Å². The highest BCUT2D eigenvalue weighted by molar-refractivity contribution is 7.71. The average molecular weight is 552 g/mol. The molecule has 0 spiro atoms. The first-order valence-electron chi connectivity index (χ1n) is 10.4. The van der Waals surface area contributed by atoms with E-state index in [4.69, 9.17) is 52.6 Å². The zero-order chi connectivity index (χ0) is 25.1. The van der Waals surface area contributed by atoms with Crippen molar-refractivity contribution in [2.75, 3.05) is 0 Å². The van der Waals surface area contributed by atoms with Gasteiger partial charge in [0.25, 0.3) is 0 Å². The standard InChI is InChI=1S/C23H15Cl2N9S2/c24-16-8-4-14(5-9-16)12-26-33-20(29-31-22(33)35)18-2-1-3-19(28-18)21-30-32-23(36)34(21)27-13-15-6-10-17(25)11-7-15/h1-13H,(H,31,35)(H,32,36)/b26-12+,27-13+. The highest BCUT2D eigenvalue weighted by atomic mass is 35.5. The maximum absolute atomic E-state index is 5.96. The van der Waals surface area contributed by atoms with Crippen LogP contribution < -0.4 is 0 Å². The monoisotopic (exact) mass is 551 g/mol. The van der Waals surface area contributed by atoms with Crippen LogP contribution in [0.1, 0.15) is 11.1 Å². The molecule has 0 bridgehead atoms. The lowest BCUT2D eigenvalue weighted by Crippen LogP contribution is -2.00. The van der Waals surface area contributed by atoms with E-state index in [1.54, 1.807) is 48.8 Å². The van der Waals surface area contributed by atoms with Crippen molar-refractivity contribution in [2.45, 2.75) is 0 Å². The van der Waals surface area contributed by atoms with Gasteiger partial charge in [-0.2, -0.15) is 29.8 Å². The summed E-state index contributed by atoms with van der Waals surface area (Å²) in [5, 5.41) is 24.4. The summed E-state index contributed by atoms with van der Waals surface area (Å²) in [6.07, 6.45) is 3.32. The normalized spacial score (nSPS) is 11.6. The summed E-state index contributed by atoms with van der Waals surface area (Å²) >= 11 is 22.7. The molecule has 0 saturated heterocycles. The minimum atomic E-state index is 0.317. The summed E-state index contributed by atoms with van der Waals surface area (Å²) < 4.78 is 3.62. The number of aromatic amines is 2. The average Bonchev–Trinajstić information content (AvgIpc) is 3.45. The molecule has 0 radical (unpaired) electrons. The lowest BCUT2D eigenvalue weighted by atomic mass is 10.2. The van der Waals surface area contributed by atoms with Gasteiger partial charge in [-0.25, -0.2) is 15.2 Å². The quantitative estimate of drug-likeness (QED) is 0.199. The van der Waals surface area contributed by atoms with E-state index in [2.05, 4.69) is 30.6 Å². The fraction of sp³-hybridized carbons (Fsp3) is 0. The number of rotatable bonds is 6. The van der Waals surface area contributed by atoms with Gasteiger partial charge in [0.2, 0.25) is 21.2 Å². The van der Waals surface area contributed by atoms with Gasteiger partial charge in [0.15, 0.2) is 0 Å². The molecule has 2 N–H and O–H groups in total. The second kappa shape index (κ2) is 10.5. The molecule has 0 aliphatic carbocycles. The fourth-order valence-corrected chi connectivity index (χ4v) is 3.77. The van der Waals surface area contributed by atoms with Gasteiger partial charge in [0, 0.05) is 10.0 Å². The largest absolute Gasteiger partial charge is 0.250 e. The van der Waals surface area contributed by atoms with Gasteiger partial charge in [-0.1, -0.05) is 53.5 Å². The van der Waals surface area contributed by atoms with Crippen LogP contribution >= 0.6 is 47.6 Å². The molecule has 0 saturated carbocycles. The van der Waals surface area contributed by atoms with Gasteiger partial charge >= 0.3 is 0 Å². The van der Waals surface area contributed by atoms with Gasteiger partial charge in [0.1, 0.15) is 11.4 Å². The maximum atomic E-state index is 5.96. The van der Waals surface area contributed by atoms with Crippen LogP contribution in [0, 0.1) is 9.54 Å². The van der Waals surface area contributed by atoms with E-state index < -0.39 is 0 Å². The van der Waals surface area contributed by atoms with E-state index in [9.17, 15) is 0 Å². The first kappa shape index (κ1) is 23.9. The van der Waals surface area contributed by atoms with Crippen LogP contribution in [0.25, 0.3) is 23.0 Å². The highest BCUT2D eigenvalue weighted by Crippen LogP contribution is 2.21. The molecule has 0 atom stereocenters. The number of nitrogens with one attached hydrogen (secondary N) is 2. The molecule has 9 nitrogen and oxygen atoms in total. The molecule has 0 aliphatic heterocycles. The molecule has 13 heteroatoms. The minimum Gasteiger partial charge on any atom is -0.250 e. The highest BCUT2D eigenvalue weighted by Gasteiger charge is 2.14. The van der Waals surface area contributed by atoms with Crippen molar-refractivity contribution in [3.8, 4) is 23.0 Å². The summed E-state index contributed by atoms with van der Waals surface area (Å²) in [5.41, 5.74) is 2.75. The Balaban J connectivity index is 1.49. The summed E-state index contributed by atoms with van der Waals surface area (Å²) in [7, 11) is 0. The fourth-order valence-electron chi connectivity index (χ4n) is 3.16. The zero-order valence-corrected chi connectivity index (χ0v) is 21.4. The zero-order valence-electron chi connectivity index (χ0n) is 18.2. The first-order valence-corrected chi connectivity index (χ1v) is 12.0. The molecule has 0 unspecified atom stereocenters.